The molecule has 1 heterocycles. The van der Waals surface area contributed by atoms with E-state index in [0.29, 0.717) is 15.8 Å². The van der Waals surface area contributed by atoms with Gasteiger partial charge in [0.25, 0.3) is 11.8 Å². The van der Waals surface area contributed by atoms with Gasteiger partial charge in [-0.25, -0.2) is 0 Å². The third-order valence-corrected chi connectivity index (χ3v) is 4.81. The highest BCUT2D eigenvalue weighted by molar-refractivity contribution is 7.19. The summed E-state index contributed by atoms with van der Waals surface area (Å²) in [6.45, 7) is 0.785. The lowest BCUT2D eigenvalue weighted by Crippen LogP contribution is -2.19. The zero-order valence-electron chi connectivity index (χ0n) is 11.5. The van der Waals surface area contributed by atoms with Gasteiger partial charge in [0.05, 0.1) is 11.3 Å². The molecule has 1 fully saturated rings. The molecule has 1 aromatic rings. The van der Waals surface area contributed by atoms with Crippen molar-refractivity contribution in [3.8, 4) is 0 Å². The molecule has 2 amide bonds. The number of hydrogen-bond donors (Lipinski definition) is 4. The van der Waals surface area contributed by atoms with Crippen molar-refractivity contribution >= 4 is 33.8 Å². The standard InChI is InChI=1S/C13H20N4O2S/c1-16-12(19)10-9(14)8(11(15)18)13(20-10)17-6-7-4-2-3-5-7/h7,17H,2-6,14H2,1H3,(H2,15,18)(H,16,19). The third kappa shape index (κ3) is 2.87. The number of primary amides is 1. The number of amides is 2. The van der Waals surface area contributed by atoms with Crippen LogP contribution in [0.15, 0.2) is 0 Å². The summed E-state index contributed by atoms with van der Waals surface area (Å²) in [6.07, 6.45) is 4.90. The van der Waals surface area contributed by atoms with Crippen LogP contribution >= 0.6 is 11.3 Å². The first-order chi connectivity index (χ1) is 9.54. The molecular weight excluding hydrogens is 276 g/mol. The van der Waals surface area contributed by atoms with Gasteiger partial charge in [0.1, 0.15) is 9.88 Å². The maximum Gasteiger partial charge on any atom is 0.263 e. The fourth-order valence-corrected chi connectivity index (χ4v) is 3.63. The maximum atomic E-state index is 11.7. The Morgan fingerprint density at radius 2 is 2.00 bits per heavy atom. The first kappa shape index (κ1) is 14.6. The van der Waals surface area contributed by atoms with Gasteiger partial charge < -0.3 is 22.1 Å². The molecule has 110 valence electrons. The highest BCUT2D eigenvalue weighted by atomic mass is 32.1. The zero-order chi connectivity index (χ0) is 14.7. The van der Waals surface area contributed by atoms with E-state index in [-0.39, 0.29) is 17.2 Å². The molecular formula is C13H20N4O2S. The molecule has 20 heavy (non-hydrogen) atoms. The first-order valence-electron chi connectivity index (χ1n) is 6.72. The van der Waals surface area contributed by atoms with Crippen molar-refractivity contribution < 1.29 is 9.59 Å². The van der Waals surface area contributed by atoms with Crippen LogP contribution in [0.4, 0.5) is 10.7 Å². The number of carbonyl (C=O) groups is 2. The Hall–Kier alpha value is -1.76. The average molecular weight is 296 g/mol. The van der Waals surface area contributed by atoms with Gasteiger partial charge in [0, 0.05) is 13.6 Å². The Bertz CT molecular complexity index is 521. The second-order valence-electron chi connectivity index (χ2n) is 5.02. The smallest absolute Gasteiger partial charge is 0.263 e. The first-order valence-corrected chi connectivity index (χ1v) is 7.54. The minimum atomic E-state index is -0.608. The molecule has 6 nitrogen and oxygen atoms in total. The largest absolute Gasteiger partial charge is 0.397 e. The minimum absolute atomic E-state index is 0.163. The van der Waals surface area contributed by atoms with Crippen molar-refractivity contribution in [2.75, 3.05) is 24.6 Å². The van der Waals surface area contributed by atoms with Gasteiger partial charge in [-0.2, -0.15) is 0 Å². The Labute approximate surface area is 121 Å². The predicted octanol–water partition coefficient (Wildman–Crippen LogP) is 1.39. The van der Waals surface area contributed by atoms with E-state index in [0.717, 1.165) is 6.54 Å². The van der Waals surface area contributed by atoms with Crippen LogP contribution in [0, 0.1) is 5.92 Å². The molecule has 1 aliphatic carbocycles. The Morgan fingerprint density at radius 1 is 1.35 bits per heavy atom. The number of nitrogens with one attached hydrogen (secondary N) is 2. The van der Waals surface area contributed by atoms with Crippen LogP contribution in [-0.4, -0.2) is 25.4 Å². The average Bonchev–Trinajstić information content (AvgIpc) is 3.02. The summed E-state index contributed by atoms with van der Waals surface area (Å²) in [5, 5.41) is 6.34. The van der Waals surface area contributed by atoms with Crippen molar-refractivity contribution in [3.63, 3.8) is 0 Å². The Balaban J connectivity index is 2.21. The van der Waals surface area contributed by atoms with Gasteiger partial charge in [-0.3, -0.25) is 9.59 Å². The lowest BCUT2D eigenvalue weighted by molar-refractivity contribution is 0.0967. The molecule has 0 bridgehead atoms. The highest BCUT2D eigenvalue weighted by Gasteiger charge is 2.24. The van der Waals surface area contributed by atoms with Gasteiger partial charge >= 0.3 is 0 Å². The van der Waals surface area contributed by atoms with E-state index in [1.807, 2.05) is 0 Å². The third-order valence-electron chi connectivity index (χ3n) is 3.65. The van der Waals surface area contributed by atoms with Crippen LogP contribution in [0.2, 0.25) is 0 Å². The summed E-state index contributed by atoms with van der Waals surface area (Å²) in [4.78, 5) is 23.6. The molecule has 2 rings (SSSR count). The van der Waals surface area contributed by atoms with E-state index in [1.165, 1.54) is 44.1 Å². The van der Waals surface area contributed by atoms with Crippen molar-refractivity contribution in [3.05, 3.63) is 10.4 Å². The monoisotopic (exact) mass is 296 g/mol. The van der Waals surface area contributed by atoms with Crippen molar-refractivity contribution in [2.24, 2.45) is 11.7 Å². The number of thiophene rings is 1. The number of anilines is 2. The normalized spacial score (nSPS) is 15.2. The summed E-state index contributed by atoms with van der Waals surface area (Å²) in [7, 11) is 1.52. The van der Waals surface area contributed by atoms with Crippen molar-refractivity contribution in [1.29, 1.82) is 0 Å². The van der Waals surface area contributed by atoms with Gasteiger partial charge in [-0.15, -0.1) is 11.3 Å². The molecule has 0 aromatic carbocycles. The van der Waals surface area contributed by atoms with Gasteiger partial charge in [0.2, 0.25) is 0 Å². The predicted molar refractivity (Wildman–Crippen MR) is 81.1 cm³/mol. The van der Waals surface area contributed by atoms with Crippen LogP contribution in [0.3, 0.4) is 0 Å². The van der Waals surface area contributed by atoms with Gasteiger partial charge in [-0.1, -0.05) is 12.8 Å². The van der Waals surface area contributed by atoms with Crippen LogP contribution in [0.25, 0.3) is 0 Å². The Kier molecular flexibility index (Phi) is 4.49. The summed E-state index contributed by atoms with van der Waals surface area (Å²) in [5.74, 6) is -0.297. The van der Waals surface area contributed by atoms with E-state index >= 15 is 0 Å². The lowest BCUT2D eigenvalue weighted by Gasteiger charge is -2.11. The fraction of sp³-hybridized carbons (Fsp3) is 0.538. The topological polar surface area (TPSA) is 110 Å². The van der Waals surface area contributed by atoms with E-state index in [1.54, 1.807) is 0 Å². The second kappa shape index (κ2) is 6.13. The molecule has 1 aliphatic rings. The molecule has 7 heteroatoms. The molecule has 0 unspecified atom stereocenters. The van der Waals surface area contributed by atoms with Crippen LogP contribution in [-0.2, 0) is 0 Å². The molecule has 0 radical (unpaired) electrons. The molecule has 0 aliphatic heterocycles. The van der Waals surface area contributed by atoms with Crippen LogP contribution in [0.5, 0.6) is 0 Å². The second-order valence-corrected chi connectivity index (χ2v) is 6.04. The molecule has 0 saturated heterocycles. The van der Waals surface area contributed by atoms with Gasteiger partial charge in [0.15, 0.2) is 0 Å². The van der Waals surface area contributed by atoms with E-state index < -0.39 is 5.91 Å². The molecule has 0 atom stereocenters. The molecule has 6 N–H and O–H groups in total. The molecule has 1 aromatic heterocycles. The quantitative estimate of drug-likeness (QED) is 0.658. The number of hydrogen-bond acceptors (Lipinski definition) is 5. The van der Waals surface area contributed by atoms with Crippen molar-refractivity contribution in [2.45, 2.75) is 25.7 Å². The summed E-state index contributed by atoms with van der Waals surface area (Å²) >= 11 is 1.18. The minimum Gasteiger partial charge on any atom is -0.397 e. The van der Waals surface area contributed by atoms with E-state index in [4.69, 9.17) is 11.5 Å². The highest BCUT2D eigenvalue weighted by Crippen LogP contribution is 2.36. The van der Waals surface area contributed by atoms with Crippen LogP contribution in [0.1, 0.15) is 45.7 Å². The van der Waals surface area contributed by atoms with E-state index in [9.17, 15) is 9.59 Å². The molecule has 0 spiro atoms. The SMILES string of the molecule is CNC(=O)c1sc(NCC2CCCC2)c(C(N)=O)c1N. The molecule has 1 saturated carbocycles. The summed E-state index contributed by atoms with van der Waals surface area (Å²) in [6, 6.07) is 0. The van der Waals surface area contributed by atoms with Crippen molar-refractivity contribution in [1.82, 2.24) is 5.32 Å². The fourth-order valence-electron chi connectivity index (χ4n) is 2.55. The van der Waals surface area contributed by atoms with E-state index in [2.05, 4.69) is 10.6 Å². The Morgan fingerprint density at radius 3 is 2.55 bits per heavy atom. The summed E-state index contributed by atoms with van der Waals surface area (Å²) in [5.41, 5.74) is 11.6. The number of rotatable bonds is 5. The van der Waals surface area contributed by atoms with Crippen LogP contribution < -0.4 is 22.1 Å². The lowest BCUT2D eigenvalue weighted by atomic mass is 10.1. The number of nitrogen functional groups attached to an aromatic ring is 1. The zero-order valence-corrected chi connectivity index (χ0v) is 12.3. The van der Waals surface area contributed by atoms with Gasteiger partial charge in [-0.05, 0) is 18.8 Å². The summed E-state index contributed by atoms with van der Waals surface area (Å²) < 4.78 is 0. The number of carbonyl (C=O) groups excluding carboxylic acids is 2. The maximum absolute atomic E-state index is 11.7. The number of nitrogens with two attached hydrogens (primary N) is 2.